The van der Waals surface area contributed by atoms with Crippen LogP contribution in [0.5, 0.6) is 0 Å². The summed E-state index contributed by atoms with van der Waals surface area (Å²) in [6.45, 7) is 2.79. The van der Waals surface area contributed by atoms with Gasteiger partial charge in [-0.2, -0.15) is 0 Å². The SMILES string of the molecule is Cc1ccncc1NCc1sc2ccccc2c1Cl. The molecule has 0 atom stereocenters. The second-order valence-corrected chi connectivity index (χ2v) is 5.89. The normalized spacial score (nSPS) is 10.8. The Hall–Kier alpha value is -1.58. The monoisotopic (exact) mass is 288 g/mol. The second-order valence-electron chi connectivity index (χ2n) is 4.38. The quantitative estimate of drug-likeness (QED) is 0.744. The molecule has 2 heterocycles. The highest BCUT2D eigenvalue weighted by molar-refractivity contribution is 7.19. The minimum atomic E-state index is 0.727. The van der Waals surface area contributed by atoms with Crippen molar-refractivity contribution in [2.75, 3.05) is 5.32 Å². The van der Waals surface area contributed by atoms with Crippen LogP contribution >= 0.6 is 22.9 Å². The van der Waals surface area contributed by atoms with E-state index in [0.717, 1.165) is 27.5 Å². The van der Waals surface area contributed by atoms with Crippen LogP contribution in [0.4, 0.5) is 5.69 Å². The van der Waals surface area contributed by atoms with Crippen LogP contribution in [0.25, 0.3) is 10.1 Å². The highest BCUT2D eigenvalue weighted by Crippen LogP contribution is 2.35. The van der Waals surface area contributed by atoms with Crippen molar-refractivity contribution >= 4 is 38.7 Å². The molecule has 3 rings (SSSR count). The van der Waals surface area contributed by atoms with Crippen LogP contribution in [0.2, 0.25) is 5.02 Å². The predicted molar refractivity (Wildman–Crippen MR) is 83.1 cm³/mol. The summed E-state index contributed by atoms with van der Waals surface area (Å²) < 4.78 is 1.23. The van der Waals surface area contributed by atoms with Gasteiger partial charge in [0.05, 0.1) is 23.5 Å². The number of aromatic nitrogens is 1. The molecule has 0 fully saturated rings. The molecule has 0 aliphatic rings. The van der Waals surface area contributed by atoms with Crippen LogP contribution in [-0.2, 0) is 6.54 Å². The number of halogens is 1. The van der Waals surface area contributed by atoms with Crippen molar-refractivity contribution in [3.05, 3.63) is 58.2 Å². The predicted octanol–water partition coefficient (Wildman–Crippen LogP) is 4.87. The van der Waals surface area contributed by atoms with Crippen molar-refractivity contribution in [1.29, 1.82) is 0 Å². The number of anilines is 1. The highest BCUT2D eigenvalue weighted by Gasteiger charge is 2.09. The summed E-state index contributed by atoms with van der Waals surface area (Å²) in [6.07, 6.45) is 3.64. The third-order valence-corrected chi connectivity index (χ3v) is 4.79. The van der Waals surface area contributed by atoms with Crippen molar-refractivity contribution in [2.24, 2.45) is 0 Å². The van der Waals surface area contributed by atoms with E-state index in [2.05, 4.69) is 29.4 Å². The number of thiophene rings is 1. The van der Waals surface area contributed by atoms with Crippen molar-refractivity contribution in [2.45, 2.75) is 13.5 Å². The summed E-state index contributed by atoms with van der Waals surface area (Å²) in [4.78, 5) is 5.29. The van der Waals surface area contributed by atoms with Gasteiger partial charge in [-0.15, -0.1) is 11.3 Å². The molecule has 2 aromatic heterocycles. The Morgan fingerprint density at radius 3 is 2.89 bits per heavy atom. The molecule has 4 heteroatoms. The van der Waals surface area contributed by atoms with Gasteiger partial charge in [-0.05, 0) is 24.6 Å². The van der Waals surface area contributed by atoms with E-state index in [4.69, 9.17) is 11.6 Å². The third kappa shape index (κ3) is 2.44. The fraction of sp³-hybridized carbons (Fsp3) is 0.133. The lowest BCUT2D eigenvalue weighted by atomic mass is 10.2. The maximum Gasteiger partial charge on any atom is 0.0642 e. The molecule has 2 nitrogen and oxygen atoms in total. The standard InChI is InChI=1S/C15H13ClN2S/c1-10-6-7-17-8-12(10)18-9-14-15(16)11-4-2-3-5-13(11)19-14/h2-8,18H,9H2,1H3. The van der Waals surface area contributed by atoms with Gasteiger partial charge in [0.1, 0.15) is 0 Å². The maximum absolute atomic E-state index is 6.42. The van der Waals surface area contributed by atoms with Crippen LogP contribution in [0.1, 0.15) is 10.4 Å². The minimum absolute atomic E-state index is 0.727. The number of pyridine rings is 1. The zero-order valence-electron chi connectivity index (χ0n) is 10.5. The summed E-state index contributed by atoms with van der Waals surface area (Å²) in [5.41, 5.74) is 2.24. The van der Waals surface area contributed by atoms with E-state index in [1.165, 1.54) is 10.3 Å². The van der Waals surface area contributed by atoms with Crippen LogP contribution in [-0.4, -0.2) is 4.98 Å². The lowest BCUT2D eigenvalue weighted by molar-refractivity contribution is 1.16. The molecule has 0 spiro atoms. The topological polar surface area (TPSA) is 24.9 Å². The summed E-state index contributed by atoms with van der Waals surface area (Å²) in [5.74, 6) is 0. The van der Waals surface area contributed by atoms with E-state index in [0.29, 0.717) is 0 Å². The summed E-state index contributed by atoms with van der Waals surface area (Å²) in [5, 5.41) is 5.38. The van der Waals surface area contributed by atoms with Crippen LogP contribution in [0.3, 0.4) is 0 Å². The first-order chi connectivity index (χ1) is 9.25. The van der Waals surface area contributed by atoms with Gasteiger partial charge in [0, 0.05) is 21.2 Å². The molecule has 1 aromatic carbocycles. The summed E-state index contributed by atoms with van der Waals surface area (Å²) in [7, 11) is 0. The first-order valence-electron chi connectivity index (χ1n) is 6.06. The van der Waals surface area contributed by atoms with E-state index < -0.39 is 0 Å². The molecule has 0 amide bonds. The van der Waals surface area contributed by atoms with Gasteiger partial charge in [0.25, 0.3) is 0 Å². The van der Waals surface area contributed by atoms with E-state index in [1.54, 1.807) is 17.5 Å². The lowest BCUT2D eigenvalue weighted by Gasteiger charge is -2.07. The second kappa shape index (κ2) is 5.19. The molecule has 1 N–H and O–H groups in total. The molecule has 19 heavy (non-hydrogen) atoms. The third-order valence-electron chi connectivity index (χ3n) is 3.08. The maximum atomic E-state index is 6.42. The van der Waals surface area contributed by atoms with Gasteiger partial charge in [0.2, 0.25) is 0 Å². The van der Waals surface area contributed by atoms with E-state index in [-0.39, 0.29) is 0 Å². The molecular formula is C15H13ClN2S. The first-order valence-corrected chi connectivity index (χ1v) is 7.25. The van der Waals surface area contributed by atoms with Gasteiger partial charge in [0.15, 0.2) is 0 Å². The fourth-order valence-corrected chi connectivity index (χ4v) is 3.44. The Balaban J connectivity index is 1.86. The number of rotatable bonds is 3. The largest absolute Gasteiger partial charge is 0.379 e. The van der Waals surface area contributed by atoms with E-state index >= 15 is 0 Å². The molecule has 0 unspecified atom stereocenters. The molecule has 0 aliphatic carbocycles. The molecule has 0 saturated heterocycles. The number of nitrogens with one attached hydrogen (secondary N) is 1. The Labute approximate surface area is 121 Å². The smallest absolute Gasteiger partial charge is 0.0642 e. The number of nitrogens with zero attached hydrogens (tertiary/aromatic N) is 1. The molecule has 0 bridgehead atoms. The van der Waals surface area contributed by atoms with Gasteiger partial charge >= 0.3 is 0 Å². The summed E-state index contributed by atoms with van der Waals surface area (Å²) >= 11 is 8.15. The van der Waals surface area contributed by atoms with Gasteiger partial charge in [-0.3, -0.25) is 4.98 Å². The Morgan fingerprint density at radius 1 is 1.26 bits per heavy atom. The molecule has 0 saturated carbocycles. The Kier molecular flexibility index (Phi) is 3.40. The average molecular weight is 289 g/mol. The molecule has 0 radical (unpaired) electrons. The van der Waals surface area contributed by atoms with Crippen molar-refractivity contribution in [3.8, 4) is 0 Å². The van der Waals surface area contributed by atoms with Crippen LogP contribution in [0.15, 0.2) is 42.7 Å². The van der Waals surface area contributed by atoms with Crippen LogP contribution in [0, 0.1) is 6.92 Å². The van der Waals surface area contributed by atoms with Crippen molar-refractivity contribution in [3.63, 3.8) is 0 Å². The van der Waals surface area contributed by atoms with Gasteiger partial charge in [-0.1, -0.05) is 29.8 Å². The van der Waals surface area contributed by atoms with E-state index in [1.807, 2.05) is 24.4 Å². The first kappa shape index (κ1) is 12.5. The number of hydrogen-bond acceptors (Lipinski definition) is 3. The molecule has 96 valence electrons. The van der Waals surface area contributed by atoms with Crippen LogP contribution < -0.4 is 5.32 Å². The number of fused-ring (bicyclic) bond motifs is 1. The van der Waals surface area contributed by atoms with Gasteiger partial charge < -0.3 is 5.32 Å². The average Bonchev–Trinajstić information content (AvgIpc) is 2.75. The lowest BCUT2D eigenvalue weighted by Crippen LogP contribution is -2.00. The number of aryl methyl sites for hydroxylation is 1. The Bertz CT molecular complexity index is 721. The molecular weight excluding hydrogens is 276 g/mol. The van der Waals surface area contributed by atoms with Crippen molar-refractivity contribution in [1.82, 2.24) is 4.98 Å². The Morgan fingerprint density at radius 2 is 2.11 bits per heavy atom. The summed E-state index contributed by atoms with van der Waals surface area (Å²) in [6, 6.07) is 10.2. The number of hydrogen-bond donors (Lipinski definition) is 1. The molecule has 0 aliphatic heterocycles. The zero-order valence-corrected chi connectivity index (χ0v) is 12.1. The molecule has 3 aromatic rings. The fourth-order valence-electron chi connectivity index (χ4n) is 2.00. The highest BCUT2D eigenvalue weighted by atomic mass is 35.5. The van der Waals surface area contributed by atoms with E-state index in [9.17, 15) is 0 Å². The minimum Gasteiger partial charge on any atom is -0.379 e. The van der Waals surface area contributed by atoms with Crippen molar-refractivity contribution < 1.29 is 0 Å². The number of benzene rings is 1. The zero-order chi connectivity index (χ0) is 13.2. The van der Waals surface area contributed by atoms with Gasteiger partial charge in [-0.25, -0.2) is 0 Å².